The molecule has 0 saturated heterocycles. The number of nitrogens with zero attached hydrogens (tertiary/aromatic N) is 4. The van der Waals surface area contributed by atoms with Gasteiger partial charge in [-0.3, -0.25) is 19.4 Å². The zero-order chi connectivity index (χ0) is 29.8. The van der Waals surface area contributed by atoms with E-state index in [0.717, 1.165) is 10.5 Å². The second kappa shape index (κ2) is 11.8. The summed E-state index contributed by atoms with van der Waals surface area (Å²) in [6.07, 6.45) is -7.55. The molecule has 0 aliphatic heterocycles. The Morgan fingerprint density at radius 3 is 1.98 bits per heavy atom. The summed E-state index contributed by atoms with van der Waals surface area (Å²) in [5, 5.41) is 14.6. The fraction of sp³-hybridized carbons (Fsp3) is 0.233. The quantitative estimate of drug-likeness (QED) is 0.274. The van der Waals surface area contributed by atoms with E-state index in [-0.39, 0.29) is 17.1 Å². The molecule has 0 bridgehead atoms. The molecule has 1 aromatic heterocycles. The van der Waals surface area contributed by atoms with Gasteiger partial charge in [0.25, 0.3) is 5.91 Å². The molecular formula is C30H29F3N4O4. The smallest absolute Gasteiger partial charge is 0.369 e. The van der Waals surface area contributed by atoms with E-state index in [0.29, 0.717) is 11.6 Å². The van der Waals surface area contributed by atoms with Gasteiger partial charge in [0.15, 0.2) is 17.6 Å². The van der Waals surface area contributed by atoms with Crippen LogP contribution in [-0.2, 0) is 12.7 Å². The molecule has 41 heavy (non-hydrogen) atoms. The third-order valence-corrected chi connectivity index (χ3v) is 6.16. The van der Waals surface area contributed by atoms with Crippen LogP contribution in [0.5, 0.6) is 0 Å². The van der Waals surface area contributed by atoms with Crippen LogP contribution in [0.1, 0.15) is 54.3 Å². The van der Waals surface area contributed by atoms with Gasteiger partial charge in [0.1, 0.15) is 0 Å². The van der Waals surface area contributed by atoms with Gasteiger partial charge in [-0.1, -0.05) is 83.7 Å². The summed E-state index contributed by atoms with van der Waals surface area (Å²) in [5.74, 6) is -1.08. The number of para-hydroxylation sites is 1. The molecule has 0 fully saturated rings. The number of benzene rings is 3. The summed E-state index contributed by atoms with van der Waals surface area (Å²) in [5.41, 5.74) is -1.70. The van der Waals surface area contributed by atoms with Crippen LogP contribution in [-0.4, -0.2) is 37.5 Å². The summed E-state index contributed by atoms with van der Waals surface area (Å²) in [4.78, 5) is 35.1. The van der Waals surface area contributed by atoms with Crippen LogP contribution in [0, 0.1) is 0 Å². The van der Waals surface area contributed by atoms with Crippen LogP contribution in [0.15, 0.2) is 97.1 Å². The molecule has 8 nitrogen and oxygen atoms in total. The van der Waals surface area contributed by atoms with Gasteiger partial charge in [0.2, 0.25) is 0 Å². The van der Waals surface area contributed by atoms with Crippen molar-refractivity contribution in [1.29, 1.82) is 0 Å². The van der Waals surface area contributed by atoms with Gasteiger partial charge in [-0.05, 0) is 38.5 Å². The van der Waals surface area contributed by atoms with Crippen LogP contribution >= 0.6 is 0 Å². The van der Waals surface area contributed by atoms with Crippen LogP contribution in [0.3, 0.4) is 0 Å². The topological polar surface area (TPSA) is 87.9 Å². The fourth-order valence-electron chi connectivity index (χ4n) is 4.04. The first kappa shape index (κ1) is 29.3. The van der Waals surface area contributed by atoms with Crippen molar-refractivity contribution in [2.75, 3.05) is 4.90 Å². The van der Waals surface area contributed by atoms with E-state index in [1.807, 2.05) is 6.07 Å². The number of aromatic nitrogens is 2. The van der Waals surface area contributed by atoms with Crippen molar-refractivity contribution >= 4 is 17.7 Å². The second-order valence-electron chi connectivity index (χ2n) is 10.2. The lowest BCUT2D eigenvalue weighted by Crippen LogP contribution is -2.48. The molecular weight excluding hydrogens is 537 g/mol. The van der Waals surface area contributed by atoms with Gasteiger partial charge >= 0.3 is 12.3 Å². The summed E-state index contributed by atoms with van der Waals surface area (Å²) >= 11 is 0. The third-order valence-electron chi connectivity index (χ3n) is 6.16. The highest BCUT2D eigenvalue weighted by Crippen LogP contribution is 2.31. The molecule has 4 rings (SSSR count). The molecule has 3 aromatic carbocycles. The molecule has 11 heteroatoms. The largest absolute Gasteiger partial charge is 0.436 e. The summed E-state index contributed by atoms with van der Waals surface area (Å²) in [6.45, 7) is 5.30. The maximum absolute atomic E-state index is 13.9. The number of hydrogen-bond acceptors (Lipinski definition) is 5. The van der Waals surface area contributed by atoms with E-state index in [9.17, 15) is 27.9 Å². The predicted molar refractivity (Wildman–Crippen MR) is 146 cm³/mol. The number of rotatable bonds is 7. The molecule has 1 heterocycles. The molecule has 0 spiro atoms. The maximum Gasteiger partial charge on any atom is 0.436 e. The van der Waals surface area contributed by atoms with Crippen molar-refractivity contribution in [3.05, 3.63) is 120 Å². The zero-order valence-electron chi connectivity index (χ0n) is 22.6. The summed E-state index contributed by atoms with van der Waals surface area (Å²) < 4.78 is 41.3. The van der Waals surface area contributed by atoms with E-state index in [1.165, 1.54) is 17.0 Å². The van der Waals surface area contributed by atoms with E-state index in [1.54, 1.807) is 93.6 Å². The number of halogens is 3. The minimum Gasteiger partial charge on any atom is -0.369 e. The Morgan fingerprint density at radius 2 is 1.44 bits per heavy atom. The molecule has 0 aliphatic carbocycles. The lowest BCUT2D eigenvalue weighted by atomic mass is 10.1. The Balaban J connectivity index is 1.75. The fourth-order valence-corrected chi connectivity index (χ4v) is 4.04. The maximum atomic E-state index is 13.9. The molecule has 0 radical (unpaired) electrons. The van der Waals surface area contributed by atoms with Gasteiger partial charge in [-0.2, -0.15) is 13.2 Å². The standard InChI is InChI=1S/C30H29F3N4O4/c1-29(2,3)35(20-21-13-7-4-8-14-21)28(40)41-37-24(19-25(34-37)30(31,32)33)27(39)36(23-17-11-6-12-18-23)26(38)22-15-9-5-10-16-22/h4-19,26,38H,20H2,1-3H3. The molecule has 1 atom stereocenters. The average molecular weight is 567 g/mol. The Labute approximate surface area is 235 Å². The number of hydrogen-bond donors (Lipinski definition) is 1. The summed E-state index contributed by atoms with van der Waals surface area (Å²) in [7, 11) is 0. The monoisotopic (exact) mass is 566 g/mol. The van der Waals surface area contributed by atoms with Gasteiger partial charge < -0.3 is 5.11 Å². The van der Waals surface area contributed by atoms with Crippen LogP contribution in [0.2, 0.25) is 0 Å². The first-order valence-corrected chi connectivity index (χ1v) is 12.7. The molecule has 4 aromatic rings. The van der Waals surface area contributed by atoms with E-state index >= 15 is 0 Å². The molecule has 0 aliphatic rings. The van der Waals surface area contributed by atoms with Crippen molar-refractivity contribution in [2.24, 2.45) is 0 Å². The summed E-state index contributed by atoms with van der Waals surface area (Å²) in [6, 6.07) is 25.5. The Hall–Kier alpha value is -4.64. The lowest BCUT2D eigenvalue weighted by Gasteiger charge is -2.34. The van der Waals surface area contributed by atoms with E-state index < -0.39 is 41.3 Å². The first-order chi connectivity index (χ1) is 19.4. The molecule has 2 amide bonds. The minimum absolute atomic E-state index is 0.0860. The number of carbonyl (C=O) groups is 2. The van der Waals surface area contributed by atoms with Gasteiger partial charge in [-0.25, -0.2) is 4.79 Å². The number of aliphatic hydroxyl groups excluding tert-OH is 1. The molecule has 1 unspecified atom stereocenters. The van der Waals surface area contributed by atoms with Crippen molar-refractivity contribution in [2.45, 2.75) is 45.3 Å². The van der Waals surface area contributed by atoms with Crippen molar-refractivity contribution in [1.82, 2.24) is 14.8 Å². The Kier molecular flexibility index (Phi) is 8.48. The highest BCUT2D eigenvalue weighted by Gasteiger charge is 2.39. The van der Waals surface area contributed by atoms with Crippen LogP contribution in [0.4, 0.5) is 23.7 Å². The third kappa shape index (κ3) is 6.93. The number of aliphatic hydroxyl groups is 1. The van der Waals surface area contributed by atoms with Gasteiger partial charge in [0.05, 0.1) is 0 Å². The zero-order valence-corrected chi connectivity index (χ0v) is 22.6. The van der Waals surface area contributed by atoms with E-state index in [2.05, 4.69) is 5.10 Å². The first-order valence-electron chi connectivity index (χ1n) is 12.7. The lowest BCUT2D eigenvalue weighted by molar-refractivity contribution is -0.142. The van der Waals surface area contributed by atoms with Crippen molar-refractivity contribution in [3.63, 3.8) is 0 Å². The van der Waals surface area contributed by atoms with Crippen LogP contribution in [0.25, 0.3) is 0 Å². The average Bonchev–Trinajstić information content (AvgIpc) is 3.37. The normalized spacial score (nSPS) is 12.5. The Bertz CT molecular complexity index is 1470. The van der Waals surface area contributed by atoms with E-state index in [4.69, 9.17) is 4.84 Å². The van der Waals surface area contributed by atoms with Crippen molar-refractivity contribution < 1.29 is 32.7 Å². The SMILES string of the molecule is CC(C)(C)N(Cc1ccccc1)C(=O)On1nc(C(F)(F)F)cc1C(=O)N(c1ccccc1)C(O)c1ccccc1. The number of alkyl halides is 3. The number of carbonyl (C=O) groups excluding carboxylic acids is 2. The van der Waals surface area contributed by atoms with Gasteiger partial charge in [-0.15, -0.1) is 5.10 Å². The predicted octanol–water partition coefficient (Wildman–Crippen LogP) is 6.09. The molecule has 1 N–H and O–H groups in total. The van der Waals surface area contributed by atoms with Crippen molar-refractivity contribution in [3.8, 4) is 0 Å². The number of amides is 2. The highest BCUT2D eigenvalue weighted by molar-refractivity contribution is 6.05. The molecule has 0 saturated carbocycles. The van der Waals surface area contributed by atoms with Gasteiger partial charge in [0, 0.05) is 29.4 Å². The number of anilines is 1. The Morgan fingerprint density at radius 1 is 0.902 bits per heavy atom. The minimum atomic E-state index is -4.95. The highest BCUT2D eigenvalue weighted by atomic mass is 19.4. The molecule has 214 valence electrons. The van der Waals surface area contributed by atoms with Crippen LogP contribution < -0.4 is 9.74 Å². The second-order valence-corrected chi connectivity index (χ2v) is 10.2.